The van der Waals surface area contributed by atoms with Crippen LogP contribution in [0.5, 0.6) is 0 Å². The van der Waals surface area contributed by atoms with Crippen LogP contribution in [0.3, 0.4) is 0 Å². The lowest BCUT2D eigenvalue weighted by Crippen LogP contribution is -2.35. The molecule has 1 aromatic rings. The first kappa shape index (κ1) is 15.9. The van der Waals surface area contributed by atoms with E-state index in [4.69, 9.17) is 5.11 Å². The van der Waals surface area contributed by atoms with E-state index in [2.05, 4.69) is 6.58 Å². The Bertz CT molecular complexity index is 508. The van der Waals surface area contributed by atoms with E-state index in [1.807, 2.05) is 13.8 Å². The second-order valence-corrected chi connectivity index (χ2v) is 4.61. The fraction of sp³-hybridized carbons (Fsp3) is 0.462. The Kier molecular flexibility index (Phi) is 5.45. The number of carbonyl (C=O) groups is 1. The van der Waals surface area contributed by atoms with Gasteiger partial charge in [0, 0.05) is 25.2 Å². The number of nitrogens with zero attached hydrogens (tertiary/aromatic N) is 3. The smallest absolute Gasteiger partial charge is 0.287 e. The molecule has 0 fully saturated rings. The average Bonchev–Trinajstić information content (AvgIpc) is 2.83. The summed E-state index contributed by atoms with van der Waals surface area (Å²) < 4.78 is 1.56. The van der Waals surface area contributed by atoms with Crippen molar-refractivity contribution in [3.8, 4) is 0 Å². The molecule has 0 spiro atoms. The van der Waals surface area contributed by atoms with Crippen molar-refractivity contribution in [3.05, 3.63) is 40.7 Å². The van der Waals surface area contributed by atoms with Gasteiger partial charge in [-0.1, -0.05) is 6.08 Å². The quantitative estimate of drug-likeness (QED) is 0.467. The van der Waals surface area contributed by atoms with Gasteiger partial charge in [0.05, 0.1) is 17.7 Å². The first-order valence-corrected chi connectivity index (χ1v) is 6.29. The molecular formula is C13H19N3O4. The Balaban J connectivity index is 3.18. The number of hydrogen-bond donors (Lipinski definition) is 1. The van der Waals surface area contributed by atoms with Gasteiger partial charge in [-0.3, -0.25) is 14.9 Å². The lowest BCUT2D eigenvalue weighted by Gasteiger charge is -2.21. The van der Waals surface area contributed by atoms with Crippen molar-refractivity contribution in [2.75, 3.05) is 19.7 Å². The van der Waals surface area contributed by atoms with Crippen LogP contribution in [0.15, 0.2) is 24.9 Å². The van der Waals surface area contributed by atoms with Gasteiger partial charge in [-0.2, -0.15) is 0 Å². The van der Waals surface area contributed by atoms with Gasteiger partial charge in [0.1, 0.15) is 5.69 Å². The highest BCUT2D eigenvalue weighted by Crippen LogP contribution is 2.22. The number of hydrogen-bond acceptors (Lipinski definition) is 4. The van der Waals surface area contributed by atoms with E-state index in [-0.39, 0.29) is 43.0 Å². The molecule has 0 radical (unpaired) electrons. The molecule has 1 N–H and O–H groups in total. The third-order valence-corrected chi connectivity index (χ3v) is 2.83. The van der Waals surface area contributed by atoms with Crippen molar-refractivity contribution in [3.63, 3.8) is 0 Å². The van der Waals surface area contributed by atoms with Crippen molar-refractivity contribution in [2.45, 2.75) is 19.9 Å². The van der Waals surface area contributed by atoms with E-state index in [1.54, 1.807) is 10.6 Å². The molecule has 0 atom stereocenters. The molecule has 0 aliphatic carbocycles. The lowest BCUT2D eigenvalue weighted by molar-refractivity contribution is -0.384. The van der Waals surface area contributed by atoms with Gasteiger partial charge in [0.15, 0.2) is 0 Å². The molecule has 7 nitrogen and oxygen atoms in total. The molecule has 1 heterocycles. The molecule has 0 bridgehead atoms. The highest BCUT2D eigenvalue weighted by Gasteiger charge is 2.24. The first-order chi connectivity index (χ1) is 9.42. The van der Waals surface area contributed by atoms with E-state index in [0.717, 1.165) is 0 Å². The van der Waals surface area contributed by atoms with Crippen molar-refractivity contribution in [1.29, 1.82) is 0 Å². The summed E-state index contributed by atoms with van der Waals surface area (Å²) in [6.07, 6.45) is 2.90. The van der Waals surface area contributed by atoms with Crippen LogP contribution in [-0.2, 0) is 0 Å². The highest BCUT2D eigenvalue weighted by molar-refractivity contribution is 5.93. The molecule has 0 unspecified atom stereocenters. The maximum absolute atomic E-state index is 12.4. The summed E-state index contributed by atoms with van der Waals surface area (Å²) in [5, 5.41) is 19.8. The summed E-state index contributed by atoms with van der Waals surface area (Å²) >= 11 is 0. The van der Waals surface area contributed by atoms with Gasteiger partial charge < -0.3 is 14.6 Å². The van der Waals surface area contributed by atoms with Crippen LogP contribution in [0.4, 0.5) is 5.69 Å². The van der Waals surface area contributed by atoms with Crippen molar-refractivity contribution in [2.24, 2.45) is 0 Å². The van der Waals surface area contributed by atoms with E-state index in [1.165, 1.54) is 17.2 Å². The molecule has 0 aliphatic heterocycles. The molecule has 110 valence electrons. The first-order valence-electron chi connectivity index (χ1n) is 6.29. The highest BCUT2D eigenvalue weighted by atomic mass is 16.6. The number of aliphatic hydroxyl groups excluding tert-OH is 1. The Hall–Kier alpha value is -2.15. The number of aromatic nitrogens is 1. The van der Waals surface area contributed by atoms with Gasteiger partial charge in [-0.05, 0) is 13.8 Å². The minimum Gasteiger partial charge on any atom is -0.395 e. The normalized spacial score (nSPS) is 10.6. The van der Waals surface area contributed by atoms with E-state index in [0.29, 0.717) is 0 Å². The summed E-state index contributed by atoms with van der Waals surface area (Å²) in [4.78, 5) is 24.1. The number of carbonyl (C=O) groups excluding carboxylic acids is 1. The summed E-state index contributed by atoms with van der Waals surface area (Å²) in [6, 6.07) is 1.18. The maximum atomic E-state index is 12.4. The fourth-order valence-corrected chi connectivity index (χ4v) is 1.88. The average molecular weight is 281 g/mol. The van der Waals surface area contributed by atoms with E-state index in [9.17, 15) is 14.9 Å². The Morgan fingerprint density at radius 3 is 2.75 bits per heavy atom. The third kappa shape index (κ3) is 3.45. The minimum atomic E-state index is -0.528. The summed E-state index contributed by atoms with van der Waals surface area (Å²) in [6.45, 7) is 7.49. The predicted molar refractivity (Wildman–Crippen MR) is 74.7 cm³/mol. The minimum absolute atomic E-state index is 0.0812. The fourth-order valence-electron chi connectivity index (χ4n) is 1.88. The molecule has 0 saturated heterocycles. The monoisotopic (exact) mass is 281 g/mol. The standard InChI is InChI=1S/C13H19N3O4/c1-4-5-14(6-7-17)13(18)12-8-11(16(19)20)9-15(12)10(2)3/h4,8-10,17H,1,5-7H2,2-3H3. The second-order valence-electron chi connectivity index (χ2n) is 4.61. The van der Waals surface area contributed by atoms with Crippen molar-refractivity contribution < 1.29 is 14.8 Å². The van der Waals surface area contributed by atoms with Crippen LogP contribution in [0.1, 0.15) is 30.4 Å². The molecular weight excluding hydrogens is 262 g/mol. The van der Waals surface area contributed by atoms with Gasteiger partial charge in [-0.15, -0.1) is 6.58 Å². The van der Waals surface area contributed by atoms with Gasteiger partial charge in [0.25, 0.3) is 11.6 Å². The topological polar surface area (TPSA) is 88.6 Å². The van der Waals surface area contributed by atoms with Crippen molar-refractivity contribution in [1.82, 2.24) is 9.47 Å². The zero-order valence-electron chi connectivity index (χ0n) is 11.7. The molecule has 1 amide bonds. The van der Waals surface area contributed by atoms with E-state index < -0.39 is 4.92 Å². The molecule has 1 aromatic heterocycles. The number of amides is 1. The zero-order chi connectivity index (χ0) is 15.3. The number of nitro groups is 1. The molecule has 0 saturated carbocycles. The Labute approximate surface area is 117 Å². The number of aliphatic hydroxyl groups is 1. The molecule has 1 rings (SSSR count). The van der Waals surface area contributed by atoms with Crippen molar-refractivity contribution >= 4 is 11.6 Å². The maximum Gasteiger partial charge on any atom is 0.287 e. The van der Waals surface area contributed by atoms with Gasteiger partial charge in [-0.25, -0.2) is 0 Å². The molecule has 20 heavy (non-hydrogen) atoms. The Morgan fingerprint density at radius 2 is 2.30 bits per heavy atom. The van der Waals surface area contributed by atoms with Gasteiger partial charge in [0.2, 0.25) is 0 Å². The SMILES string of the molecule is C=CCN(CCO)C(=O)c1cc([N+](=O)[O-])cn1C(C)C. The van der Waals surface area contributed by atoms with Gasteiger partial charge >= 0.3 is 0 Å². The Morgan fingerprint density at radius 1 is 1.65 bits per heavy atom. The third-order valence-electron chi connectivity index (χ3n) is 2.83. The zero-order valence-corrected chi connectivity index (χ0v) is 11.7. The second kappa shape index (κ2) is 6.85. The van der Waals surface area contributed by atoms with Crippen LogP contribution in [0.25, 0.3) is 0 Å². The van der Waals surface area contributed by atoms with Crippen LogP contribution < -0.4 is 0 Å². The van der Waals surface area contributed by atoms with Crippen LogP contribution >= 0.6 is 0 Å². The van der Waals surface area contributed by atoms with E-state index >= 15 is 0 Å². The lowest BCUT2D eigenvalue weighted by atomic mass is 10.3. The molecule has 0 aliphatic rings. The predicted octanol–water partition coefficient (Wildman–Crippen LogP) is 1.60. The molecule has 7 heteroatoms. The summed E-state index contributed by atoms with van der Waals surface area (Å²) in [5.41, 5.74) is 0.117. The van der Waals surface area contributed by atoms with Crippen LogP contribution in [0.2, 0.25) is 0 Å². The largest absolute Gasteiger partial charge is 0.395 e. The van der Waals surface area contributed by atoms with Crippen LogP contribution in [-0.4, -0.2) is 45.1 Å². The summed E-state index contributed by atoms with van der Waals surface area (Å²) in [7, 11) is 0. The molecule has 0 aromatic carbocycles. The number of rotatable bonds is 7. The summed E-state index contributed by atoms with van der Waals surface area (Å²) in [5.74, 6) is -0.360. The van der Waals surface area contributed by atoms with Crippen LogP contribution in [0, 0.1) is 10.1 Å².